The van der Waals surface area contributed by atoms with Crippen LogP contribution < -0.4 is 24.8 Å². The number of carbonyl (C=O) groups excluding carboxylic acids is 1. The van der Waals surface area contributed by atoms with E-state index in [1.165, 1.54) is 0 Å². The zero-order valence-corrected chi connectivity index (χ0v) is 18.8. The predicted molar refractivity (Wildman–Crippen MR) is 125 cm³/mol. The van der Waals surface area contributed by atoms with Gasteiger partial charge in [0.05, 0.1) is 45.0 Å². The number of hydrogen-bond acceptors (Lipinski definition) is 7. The standard InChI is InChI=1S/C26H26N2O5/c1-30-22-13-16(14-23(31-2)26(22)32-3)25-24-19(27-17-7-4-5-8-18(17)28-25)11-15(12-20(24)29)21-9-6-10-33-21/h4-10,13-15,25,27-28H,11-12H2,1-3H3/t15-,25-/m0/s1. The van der Waals surface area contributed by atoms with Crippen molar-refractivity contribution in [1.82, 2.24) is 0 Å². The van der Waals surface area contributed by atoms with Crippen LogP contribution in [-0.2, 0) is 4.79 Å². The lowest BCUT2D eigenvalue weighted by atomic mass is 9.80. The molecule has 2 N–H and O–H groups in total. The van der Waals surface area contributed by atoms with Gasteiger partial charge in [0.2, 0.25) is 5.75 Å². The largest absolute Gasteiger partial charge is 0.493 e. The van der Waals surface area contributed by atoms with Gasteiger partial charge in [0.25, 0.3) is 0 Å². The summed E-state index contributed by atoms with van der Waals surface area (Å²) in [5.41, 5.74) is 4.29. The third-order valence-corrected chi connectivity index (χ3v) is 6.27. The number of methoxy groups -OCH3 is 3. The summed E-state index contributed by atoms with van der Waals surface area (Å²) in [6.45, 7) is 0. The minimum atomic E-state index is -0.394. The van der Waals surface area contributed by atoms with Crippen molar-refractivity contribution in [2.24, 2.45) is 0 Å². The highest BCUT2D eigenvalue weighted by Crippen LogP contribution is 2.47. The Balaban J connectivity index is 1.66. The first-order chi connectivity index (χ1) is 16.1. The fourth-order valence-electron chi connectivity index (χ4n) is 4.74. The zero-order valence-electron chi connectivity index (χ0n) is 18.8. The Labute approximate surface area is 192 Å². The van der Waals surface area contributed by atoms with Gasteiger partial charge < -0.3 is 29.3 Å². The van der Waals surface area contributed by atoms with E-state index in [1.54, 1.807) is 27.6 Å². The van der Waals surface area contributed by atoms with E-state index in [4.69, 9.17) is 18.6 Å². The molecule has 0 bridgehead atoms. The van der Waals surface area contributed by atoms with Crippen molar-refractivity contribution in [2.75, 3.05) is 32.0 Å². The fraction of sp³-hybridized carbons (Fsp3) is 0.269. The Morgan fingerprint density at radius 1 is 0.909 bits per heavy atom. The number of hydrogen-bond donors (Lipinski definition) is 2. The van der Waals surface area contributed by atoms with Crippen molar-refractivity contribution in [3.63, 3.8) is 0 Å². The maximum atomic E-state index is 13.6. The lowest BCUT2D eigenvalue weighted by molar-refractivity contribution is -0.116. The normalized spacial score (nSPS) is 19.5. The van der Waals surface area contributed by atoms with Crippen LogP contribution in [0.25, 0.3) is 0 Å². The molecule has 7 nitrogen and oxygen atoms in total. The molecule has 33 heavy (non-hydrogen) atoms. The summed E-state index contributed by atoms with van der Waals surface area (Å²) >= 11 is 0. The van der Waals surface area contributed by atoms with Crippen molar-refractivity contribution in [3.05, 3.63) is 77.4 Å². The molecule has 0 radical (unpaired) electrons. The molecule has 0 saturated heterocycles. The number of carbonyl (C=O) groups is 1. The topological polar surface area (TPSA) is 82.0 Å². The minimum Gasteiger partial charge on any atom is -0.493 e. The van der Waals surface area contributed by atoms with Gasteiger partial charge in [0.1, 0.15) is 5.76 Å². The Kier molecular flexibility index (Phi) is 5.46. The fourth-order valence-corrected chi connectivity index (χ4v) is 4.74. The van der Waals surface area contributed by atoms with Crippen molar-refractivity contribution < 1.29 is 23.4 Å². The molecule has 0 unspecified atom stereocenters. The van der Waals surface area contributed by atoms with Gasteiger partial charge in [0.15, 0.2) is 17.3 Å². The number of Topliss-reactive ketones (excluding diaryl/α,β-unsaturated/α-hetero) is 1. The second-order valence-corrected chi connectivity index (χ2v) is 8.14. The Bertz CT molecular complexity index is 1190. The van der Waals surface area contributed by atoms with E-state index in [-0.39, 0.29) is 11.7 Å². The number of nitrogens with one attached hydrogen (secondary N) is 2. The van der Waals surface area contributed by atoms with E-state index in [2.05, 4.69) is 10.6 Å². The molecule has 5 rings (SSSR count). The van der Waals surface area contributed by atoms with Gasteiger partial charge >= 0.3 is 0 Å². The van der Waals surface area contributed by atoms with Gasteiger partial charge in [0, 0.05) is 23.6 Å². The summed E-state index contributed by atoms with van der Waals surface area (Å²) in [7, 11) is 4.75. The molecule has 0 spiro atoms. The van der Waals surface area contributed by atoms with E-state index in [9.17, 15) is 4.79 Å². The van der Waals surface area contributed by atoms with Gasteiger partial charge in [-0.05, 0) is 48.4 Å². The molecule has 3 aromatic rings. The van der Waals surface area contributed by atoms with Crippen LogP contribution in [0.1, 0.15) is 36.1 Å². The average molecular weight is 447 g/mol. The van der Waals surface area contributed by atoms with E-state index in [1.807, 2.05) is 48.5 Å². The molecule has 0 fully saturated rings. The van der Waals surface area contributed by atoms with Gasteiger partial charge in [-0.25, -0.2) is 0 Å². The number of rotatable bonds is 5. The van der Waals surface area contributed by atoms with E-state index >= 15 is 0 Å². The molecule has 1 aliphatic heterocycles. The van der Waals surface area contributed by atoms with Crippen molar-refractivity contribution in [3.8, 4) is 17.2 Å². The Morgan fingerprint density at radius 2 is 1.64 bits per heavy atom. The third-order valence-electron chi connectivity index (χ3n) is 6.27. The molecule has 2 aromatic carbocycles. The van der Waals surface area contributed by atoms with Crippen LogP contribution in [0.2, 0.25) is 0 Å². The second-order valence-electron chi connectivity index (χ2n) is 8.14. The first-order valence-electron chi connectivity index (χ1n) is 10.8. The molecule has 1 aliphatic carbocycles. The van der Waals surface area contributed by atoms with E-state index in [0.717, 1.165) is 28.4 Å². The highest BCUT2D eigenvalue weighted by atomic mass is 16.5. The summed E-state index contributed by atoms with van der Waals surface area (Å²) in [5.74, 6) is 2.48. The zero-order chi connectivity index (χ0) is 22.9. The Hall–Kier alpha value is -3.87. The molecule has 2 heterocycles. The summed E-state index contributed by atoms with van der Waals surface area (Å²) < 4.78 is 22.3. The number of fused-ring (bicyclic) bond motifs is 1. The number of ketones is 1. The average Bonchev–Trinajstić information content (AvgIpc) is 3.32. The molecule has 0 amide bonds. The van der Waals surface area contributed by atoms with Gasteiger partial charge in [-0.2, -0.15) is 0 Å². The van der Waals surface area contributed by atoms with Gasteiger partial charge in [-0.3, -0.25) is 4.79 Å². The maximum absolute atomic E-state index is 13.6. The number of para-hydroxylation sites is 2. The van der Waals surface area contributed by atoms with Gasteiger partial charge in [-0.1, -0.05) is 12.1 Å². The number of allylic oxidation sites excluding steroid dienone is 1. The maximum Gasteiger partial charge on any atom is 0.203 e. The predicted octanol–water partition coefficient (Wildman–Crippen LogP) is 5.28. The third kappa shape index (κ3) is 3.69. The number of anilines is 2. The summed E-state index contributed by atoms with van der Waals surface area (Å²) in [5, 5.41) is 7.11. The van der Waals surface area contributed by atoms with Crippen LogP contribution in [-0.4, -0.2) is 27.1 Å². The van der Waals surface area contributed by atoms with Crippen LogP contribution in [0.15, 0.2) is 70.5 Å². The highest BCUT2D eigenvalue weighted by molar-refractivity contribution is 6.01. The summed E-state index contributed by atoms with van der Waals surface area (Å²) in [6, 6.07) is 15.1. The lowest BCUT2D eigenvalue weighted by Crippen LogP contribution is -2.26. The smallest absolute Gasteiger partial charge is 0.203 e. The molecular formula is C26H26N2O5. The van der Waals surface area contributed by atoms with Crippen molar-refractivity contribution in [2.45, 2.75) is 24.8 Å². The molecule has 2 aliphatic rings. The van der Waals surface area contributed by atoms with Crippen molar-refractivity contribution >= 4 is 17.2 Å². The number of benzene rings is 2. The summed E-state index contributed by atoms with van der Waals surface area (Å²) in [6.07, 6.45) is 2.71. The molecule has 2 atom stereocenters. The van der Waals surface area contributed by atoms with Crippen LogP contribution in [0.4, 0.5) is 11.4 Å². The molecular weight excluding hydrogens is 420 g/mol. The van der Waals surface area contributed by atoms with E-state index < -0.39 is 6.04 Å². The minimum absolute atomic E-state index is 0.00963. The van der Waals surface area contributed by atoms with Gasteiger partial charge in [-0.15, -0.1) is 0 Å². The highest BCUT2D eigenvalue weighted by Gasteiger charge is 2.37. The quantitative estimate of drug-likeness (QED) is 0.551. The van der Waals surface area contributed by atoms with Crippen molar-refractivity contribution in [1.29, 1.82) is 0 Å². The number of ether oxygens (including phenoxy) is 3. The van der Waals surface area contributed by atoms with E-state index in [0.29, 0.717) is 35.7 Å². The number of furan rings is 1. The first-order valence-corrected chi connectivity index (χ1v) is 10.8. The molecule has 0 saturated carbocycles. The Morgan fingerprint density at radius 3 is 2.27 bits per heavy atom. The molecule has 7 heteroatoms. The molecule has 170 valence electrons. The SMILES string of the molecule is COc1cc([C@@H]2Nc3ccccc3NC3=C2C(=O)C[C@@H](c2ccco2)C3)cc(OC)c1OC. The second kappa shape index (κ2) is 8.58. The monoisotopic (exact) mass is 446 g/mol. The van der Waals surface area contributed by atoms with Crippen LogP contribution in [0, 0.1) is 0 Å². The first kappa shape index (κ1) is 21.0. The molecule has 1 aromatic heterocycles. The van der Waals surface area contributed by atoms with Crippen LogP contribution in [0.5, 0.6) is 17.2 Å². The van der Waals surface area contributed by atoms with Crippen LogP contribution >= 0.6 is 0 Å². The summed E-state index contributed by atoms with van der Waals surface area (Å²) in [4.78, 5) is 13.6. The lowest BCUT2D eigenvalue weighted by Gasteiger charge is -2.29. The van der Waals surface area contributed by atoms with Crippen LogP contribution in [0.3, 0.4) is 0 Å².